The minimum absolute atomic E-state index is 0.127. The van der Waals surface area contributed by atoms with E-state index in [1.165, 1.54) is 6.39 Å². The minimum Gasteiger partial charge on any atom is -0.438 e. The summed E-state index contributed by atoms with van der Waals surface area (Å²) in [6.45, 7) is 4.80. The molecule has 1 unspecified atom stereocenters. The zero-order chi connectivity index (χ0) is 12.5. The zero-order valence-corrected chi connectivity index (χ0v) is 10.3. The molecule has 1 N–H and O–H groups in total. The Balaban J connectivity index is 2.08. The average Bonchev–Trinajstić information content (AvgIpc) is 2.59. The molecule has 0 aromatic carbocycles. The van der Waals surface area contributed by atoms with Crippen LogP contribution in [0.4, 0.5) is 0 Å². The smallest absolute Gasteiger partial charge is 0.291 e. The Kier molecular flexibility index (Phi) is 3.19. The molecular formula is C12H18N2O3. The number of likely N-dealkylation sites (tertiary alicyclic amines) is 1. The van der Waals surface area contributed by atoms with E-state index in [2.05, 4.69) is 4.98 Å². The van der Waals surface area contributed by atoms with E-state index in [0.29, 0.717) is 31.0 Å². The Hall–Kier alpha value is -1.36. The molecule has 1 aliphatic heterocycles. The van der Waals surface area contributed by atoms with E-state index in [-0.39, 0.29) is 5.91 Å². The summed E-state index contributed by atoms with van der Waals surface area (Å²) in [5.41, 5.74) is -0.0445. The van der Waals surface area contributed by atoms with Crippen LogP contribution in [0.2, 0.25) is 0 Å². The van der Waals surface area contributed by atoms with Crippen molar-refractivity contribution in [1.82, 2.24) is 9.88 Å². The topological polar surface area (TPSA) is 66.6 Å². The number of aromatic nitrogens is 1. The van der Waals surface area contributed by atoms with Gasteiger partial charge in [-0.3, -0.25) is 4.79 Å². The Morgan fingerprint density at radius 1 is 1.53 bits per heavy atom. The minimum atomic E-state index is -0.661. The molecule has 0 spiro atoms. The number of hydrogen-bond acceptors (Lipinski definition) is 4. The summed E-state index contributed by atoms with van der Waals surface area (Å²) in [4.78, 5) is 17.8. The highest BCUT2D eigenvalue weighted by Crippen LogP contribution is 2.22. The lowest BCUT2D eigenvalue weighted by Crippen LogP contribution is -2.33. The van der Waals surface area contributed by atoms with Crippen molar-refractivity contribution in [2.45, 2.75) is 38.7 Å². The molecule has 1 atom stereocenters. The van der Waals surface area contributed by atoms with Gasteiger partial charge in [-0.2, -0.15) is 0 Å². The highest BCUT2D eigenvalue weighted by molar-refractivity contribution is 5.92. The first-order chi connectivity index (χ1) is 7.99. The molecule has 1 saturated heterocycles. The summed E-state index contributed by atoms with van der Waals surface area (Å²) >= 11 is 0. The van der Waals surface area contributed by atoms with Gasteiger partial charge in [0.05, 0.1) is 11.3 Å². The molecule has 0 saturated carbocycles. The van der Waals surface area contributed by atoms with Crippen molar-refractivity contribution in [2.24, 2.45) is 0 Å². The molecule has 2 rings (SSSR count). The van der Waals surface area contributed by atoms with E-state index in [9.17, 15) is 9.90 Å². The lowest BCUT2D eigenvalue weighted by atomic mass is 9.98. The van der Waals surface area contributed by atoms with Crippen molar-refractivity contribution < 1.29 is 14.3 Å². The van der Waals surface area contributed by atoms with Crippen LogP contribution in [-0.4, -0.2) is 39.6 Å². The number of nitrogens with zero attached hydrogens (tertiary/aromatic N) is 2. The van der Waals surface area contributed by atoms with Crippen LogP contribution in [0.1, 0.15) is 42.4 Å². The largest absolute Gasteiger partial charge is 0.438 e. The summed E-state index contributed by atoms with van der Waals surface area (Å²) in [5.74, 6) is 0.184. The predicted octanol–water partition coefficient (Wildman–Crippen LogP) is 1.36. The summed E-state index contributed by atoms with van der Waals surface area (Å²) in [7, 11) is 0. The van der Waals surface area contributed by atoms with Crippen LogP contribution in [0.15, 0.2) is 10.8 Å². The number of carbonyl (C=O) groups is 1. The van der Waals surface area contributed by atoms with Gasteiger partial charge in [0.25, 0.3) is 5.91 Å². The van der Waals surface area contributed by atoms with Crippen LogP contribution in [-0.2, 0) is 0 Å². The Morgan fingerprint density at radius 2 is 2.29 bits per heavy atom. The number of carbonyl (C=O) groups excluding carboxylic acids is 1. The van der Waals surface area contributed by atoms with E-state index in [0.717, 1.165) is 12.8 Å². The molecular weight excluding hydrogens is 220 g/mol. The van der Waals surface area contributed by atoms with Crippen molar-refractivity contribution >= 4 is 5.91 Å². The number of hydrogen-bond donors (Lipinski definition) is 1. The summed E-state index contributed by atoms with van der Waals surface area (Å²) in [6, 6.07) is 0. The van der Waals surface area contributed by atoms with Gasteiger partial charge < -0.3 is 14.4 Å². The van der Waals surface area contributed by atoms with Crippen LogP contribution in [0, 0.1) is 6.92 Å². The molecule has 5 heteroatoms. The van der Waals surface area contributed by atoms with Crippen LogP contribution < -0.4 is 0 Å². The van der Waals surface area contributed by atoms with Crippen molar-refractivity contribution in [1.29, 1.82) is 0 Å². The maximum absolute atomic E-state index is 12.2. The first-order valence-corrected chi connectivity index (χ1v) is 5.91. The highest BCUT2D eigenvalue weighted by Gasteiger charge is 2.29. The van der Waals surface area contributed by atoms with Gasteiger partial charge in [-0.15, -0.1) is 0 Å². The van der Waals surface area contributed by atoms with Gasteiger partial charge in [0, 0.05) is 13.1 Å². The summed E-state index contributed by atoms with van der Waals surface area (Å²) in [6.07, 6.45) is 3.43. The molecule has 17 heavy (non-hydrogen) atoms. The van der Waals surface area contributed by atoms with Crippen LogP contribution in [0.5, 0.6) is 0 Å². The van der Waals surface area contributed by atoms with E-state index < -0.39 is 5.60 Å². The third kappa shape index (κ3) is 2.66. The molecule has 94 valence electrons. The van der Waals surface area contributed by atoms with E-state index in [1.807, 2.05) is 6.92 Å². The summed E-state index contributed by atoms with van der Waals surface area (Å²) < 4.78 is 5.11. The lowest BCUT2D eigenvalue weighted by Gasteiger charge is -2.21. The molecule has 5 nitrogen and oxygen atoms in total. The number of oxazole rings is 1. The van der Waals surface area contributed by atoms with Gasteiger partial charge in [-0.05, 0) is 33.1 Å². The quantitative estimate of drug-likeness (QED) is 0.802. The van der Waals surface area contributed by atoms with E-state index in [4.69, 9.17) is 4.42 Å². The second-order valence-corrected chi connectivity index (χ2v) is 4.91. The van der Waals surface area contributed by atoms with Gasteiger partial charge >= 0.3 is 0 Å². The average molecular weight is 238 g/mol. The molecule has 1 aromatic heterocycles. The van der Waals surface area contributed by atoms with E-state index >= 15 is 0 Å². The number of amides is 1. The highest BCUT2D eigenvalue weighted by atomic mass is 16.3. The second-order valence-electron chi connectivity index (χ2n) is 4.91. The third-order valence-electron chi connectivity index (χ3n) is 3.29. The lowest BCUT2D eigenvalue weighted by molar-refractivity contribution is 0.0434. The Bertz CT molecular complexity index is 412. The standard InChI is InChI=1S/C12H18N2O3/c1-9-10(17-8-13-9)11(15)14-6-3-4-12(2,16)5-7-14/h8,16H,3-7H2,1-2H3. The fourth-order valence-corrected chi connectivity index (χ4v) is 2.12. The van der Waals surface area contributed by atoms with E-state index in [1.54, 1.807) is 11.8 Å². The zero-order valence-electron chi connectivity index (χ0n) is 10.3. The number of aryl methyl sites for hydroxylation is 1. The Morgan fingerprint density at radius 3 is 2.94 bits per heavy atom. The molecule has 0 radical (unpaired) electrons. The van der Waals surface area contributed by atoms with Crippen molar-refractivity contribution in [3.63, 3.8) is 0 Å². The predicted molar refractivity (Wildman–Crippen MR) is 61.6 cm³/mol. The molecule has 1 amide bonds. The molecule has 1 aliphatic rings. The van der Waals surface area contributed by atoms with Gasteiger partial charge in [-0.25, -0.2) is 4.98 Å². The van der Waals surface area contributed by atoms with Crippen LogP contribution >= 0.6 is 0 Å². The van der Waals surface area contributed by atoms with Crippen LogP contribution in [0.25, 0.3) is 0 Å². The van der Waals surface area contributed by atoms with Crippen LogP contribution in [0.3, 0.4) is 0 Å². The second kappa shape index (κ2) is 4.49. The van der Waals surface area contributed by atoms with Crippen molar-refractivity contribution in [3.05, 3.63) is 17.8 Å². The first kappa shape index (κ1) is 12.1. The van der Waals surface area contributed by atoms with Gasteiger partial charge in [0.1, 0.15) is 0 Å². The SMILES string of the molecule is Cc1ncoc1C(=O)N1CCCC(C)(O)CC1. The number of aliphatic hydroxyl groups is 1. The first-order valence-electron chi connectivity index (χ1n) is 5.91. The molecule has 0 aliphatic carbocycles. The third-order valence-corrected chi connectivity index (χ3v) is 3.29. The van der Waals surface area contributed by atoms with Gasteiger partial charge in [-0.1, -0.05) is 0 Å². The molecule has 2 heterocycles. The number of rotatable bonds is 1. The van der Waals surface area contributed by atoms with Gasteiger partial charge in [0.15, 0.2) is 6.39 Å². The normalized spacial score (nSPS) is 25.7. The molecule has 1 aromatic rings. The fraction of sp³-hybridized carbons (Fsp3) is 0.667. The summed E-state index contributed by atoms with van der Waals surface area (Å²) in [5, 5.41) is 9.97. The van der Waals surface area contributed by atoms with Gasteiger partial charge in [0.2, 0.25) is 5.76 Å². The maximum atomic E-state index is 12.2. The van der Waals surface area contributed by atoms with Crippen molar-refractivity contribution in [2.75, 3.05) is 13.1 Å². The Labute approximate surface area is 100 Å². The fourth-order valence-electron chi connectivity index (χ4n) is 2.12. The molecule has 0 bridgehead atoms. The van der Waals surface area contributed by atoms with Crippen molar-refractivity contribution in [3.8, 4) is 0 Å². The monoisotopic (exact) mass is 238 g/mol. The maximum Gasteiger partial charge on any atom is 0.291 e. The molecule has 1 fully saturated rings.